The summed E-state index contributed by atoms with van der Waals surface area (Å²) in [5.41, 5.74) is 0.262. The largest absolute Gasteiger partial charge is 0.396 e. The van der Waals surface area contributed by atoms with Crippen LogP contribution in [0.4, 0.5) is 10.2 Å². The molecule has 1 aliphatic heterocycles. The molecule has 0 aromatic carbocycles. The van der Waals surface area contributed by atoms with Crippen molar-refractivity contribution in [1.29, 1.82) is 0 Å². The van der Waals surface area contributed by atoms with Crippen LogP contribution in [0.15, 0.2) is 12.3 Å². The molecular weight excluding hydrogens is 211 g/mol. The van der Waals surface area contributed by atoms with E-state index >= 15 is 0 Å². The van der Waals surface area contributed by atoms with Gasteiger partial charge in [0.2, 0.25) is 0 Å². The Hall–Kier alpha value is -1.20. The first kappa shape index (κ1) is 11.3. The van der Waals surface area contributed by atoms with Gasteiger partial charge in [0.25, 0.3) is 0 Å². The van der Waals surface area contributed by atoms with E-state index in [4.69, 9.17) is 10.2 Å². The summed E-state index contributed by atoms with van der Waals surface area (Å²) in [6, 6.07) is 1.47. The van der Waals surface area contributed by atoms with Crippen LogP contribution in [0.1, 0.15) is 12.0 Å². The number of rotatable bonds is 3. The minimum Gasteiger partial charge on any atom is -0.396 e. The summed E-state index contributed by atoms with van der Waals surface area (Å²) in [5.74, 6) is 0.0186. The zero-order chi connectivity index (χ0) is 11.5. The van der Waals surface area contributed by atoms with Crippen molar-refractivity contribution in [2.75, 3.05) is 24.6 Å². The highest BCUT2D eigenvalue weighted by Gasteiger charge is 2.25. The Morgan fingerprint density at radius 1 is 1.50 bits per heavy atom. The molecule has 88 valence electrons. The summed E-state index contributed by atoms with van der Waals surface area (Å²) in [5, 5.41) is 18.0. The van der Waals surface area contributed by atoms with Crippen LogP contribution in [0, 0.1) is 11.7 Å². The number of pyridine rings is 1. The Labute approximate surface area is 93.3 Å². The van der Waals surface area contributed by atoms with Crippen molar-refractivity contribution < 1.29 is 14.6 Å². The zero-order valence-corrected chi connectivity index (χ0v) is 8.93. The molecule has 5 heteroatoms. The van der Waals surface area contributed by atoms with E-state index in [1.54, 1.807) is 0 Å². The van der Waals surface area contributed by atoms with Gasteiger partial charge in [-0.05, 0) is 12.5 Å². The Balaban J connectivity index is 2.21. The van der Waals surface area contributed by atoms with Gasteiger partial charge in [-0.2, -0.15) is 0 Å². The Bertz CT molecular complexity index is 373. The highest BCUT2D eigenvalue weighted by molar-refractivity contribution is 5.44. The lowest BCUT2D eigenvalue weighted by molar-refractivity contribution is 0.238. The van der Waals surface area contributed by atoms with E-state index < -0.39 is 5.82 Å². The fourth-order valence-electron chi connectivity index (χ4n) is 1.99. The fourth-order valence-corrected chi connectivity index (χ4v) is 1.99. The Morgan fingerprint density at radius 2 is 2.31 bits per heavy atom. The SMILES string of the molecule is OCc1ccnc(N2CCC(CO)C2)c1F. The van der Waals surface area contributed by atoms with Crippen molar-refractivity contribution >= 4 is 5.82 Å². The van der Waals surface area contributed by atoms with E-state index in [0.717, 1.165) is 6.42 Å². The van der Waals surface area contributed by atoms with Gasteiger partial charge in [-0.3, -0.25) is 0 Å². The molecule has 1 aromatic rings. The molecule has 1 fully saturated rings. The molecule has 4 nitrogen and oxygen atoms in total. The predicted octanol–water partition coefficient (Wildman–Crippen LogP) is 0.532. The minimum atomic E-state index is -0.455. The Kier molecular flexibility index (Phi) is 3.36. The quantitative estimate of drug-likeness (QED) is 0.789. The average molecular weight is 226 g/mol. The first-order valence-electron chi connectivity index (χ1n) is 5.36. The van der Waals surface area contributed by atoms with Crippen LogP contribution in [-0.2, 0) is 6.61 Å². The molecule has 1 atom stereocenters. The lowest BCUT2D eigenvalue weighted by Gasteiger charge is -2.18. The predicted molar refractivity (Wildman–Crippen MR) is 57.5 cm³/mol. The molecule has 0 radical (unpaired) electrons. The van der Waals surface area contributed by atoms with Crippen LogP contribution in [-0.4, -0.2) is 34.9 Å². The lowest BCUT2D eigenvalue weighted by Crippen LogP contribution is -2.23. The molecule has 1 unspecified atom stereocenters. The van der Waals surface area contributed by atoms with Crippen LogP contribution >= 0.6 is 0 Å². The second-order valence-corrected chi connectivity index (χ2v) is 4.05. The van der Waals surface area contributed by atoms with E-state index in [1.807, 2.05) is 4.90 Å². The first-order chi connectivity index (χ1) is 7.76. The number of nitrogens with zero attached hydrogens (tertiary/aromatic N) is 2. The molecule has 0 spiro atoms. The van der Waals surface area contributed by atoms with E-state index in [2.05, 4.69) is 4.98 Å². The van der Waals surface area contributed by atoms with E-state index in [0.29, 0.717) is 13.1 Å². The van der Waals surface area contributed by atoms with Gasteiger partial charge in [-0.1, -0.05) is 0 Å². The summed E-state index contributed by atoms with van der Waals surface area (Å²) in [6.45, 7) is 1.12. The smallest absolute Gasteiger partial charge is 0.171 e. The van der Waals surface area contributed by atoms with Gasteiger partial charge in [-0.25, -0.2) is 9.37 Å². The molecule has 1 aliphatic rings. The molecule has 1 saturated heterocycles. The van der Waals surface area contributed by atoms with E-state index in [-0.39, 0.29) is 30.5 Å². The van der Waals surface area contributed by atoms with Crippen molar-refractivity contribution in [2.24, 2.45) is 5.92 Å². The third kappa shape index (κ3) is 2.01. The molecule has 16 heavy (non-hydrogen) atoms. The molecule has 2 rings (SSSR count). The van der Waals surface area contributed by atoms with Crippen molar-refractivity contribution in [3.63, 3.8) is 0 Å². The molecule has 1 aromatic heterocycles. The number of halogens is 1. The van der Waals surface area contributed by atoms with Crippen LogP contribution in [0.2, 0.25) is 0 Å². The van der Waals surface area contributed by atoms with Gasteiger partial charge in [0.05, 0.1) is 6.61 Å². The van der Waals surface area contributed by atoms with Gasteiger partial charge in [0, 0.05) is 37.4 Å². The maximum absolute atomic E-state index is 13.8. The van der Waals surface area contributed by atoms with Gasteiger partial charge in [-0.15, -0.1) is 0 Å². The number of aromatic nitrogens is 1. The average Bonchev–Trinajstić information content (AvgIpc) is 2.78. The monoisotopic (exact) mass is 226 g/mol. The molecule has 0 saturated carbocycles. The zero-order valence-electron chi connectivity index (χ0n) is 8.93. The summed E-state index contributed by atoms with van der Waals surface area (Å²) in [6.07, 6.45) is 2.34. The number of hydrogen-bond acceptors (Lipinski definition) is 4. The maximum atomic E-state index is 13.8. The Morgan fingerprint density at radius 3 is 2.94 bits per heavy atom. The van der Waals surface area contributed by atoms with Gasteiger partial charge in [0.15, 0.2) is 11.6 Å². The number of aliphatic hydroxyl groups excluding tert-OH is 2. The fraction of sp³-hybridized carbons (Fsp3) is 0.545. The molecule has 0 aliphatic carbocycles. The highest BCUT2D eigenvalue weighted by Crippen LogP contribution is 2.25. The summed E-state index contributed by atoms with van der Waals surface area (Å²) < 4.78 is 13.8. The molecule has 0 amide bonds. The van der Waals surface area contributed by atoms with Crippen molar-refractivity contribution in [1.82, 2.24) is 4.98 Å². The van der Waals surface area contributed by atoms with Gasteiger partial charge in [0.1, 0.15) is 0 Å². The van der Waals surface area contributed by atoms with Crippen LogP contribution in [0.5, 0.6) is 0 Å². The van der Waals surface area contributed by atoms with Gasteiger partial charge >= 0.3 is 0 Å². The van der Waals surface area contributed by atoms with Crippen LogP contribution in [0.3, 0.4) is 0 Å². The molecule has 2 heterocycles. The first-order valence-corrected chi connectivity index (χ1v) is 5.36. The number of aliphatic hydroxyl groups is 2. The lowest BCUT2D eigenvalue weighted by atomic mass is 10.1. The summed E-state index contributed by atoms with van der Waals surface area (Å²) >= 11 is 0. The number of hydrogen-bond donors (Lipinski definition) is 2. The standard InChI is InChI=1S/C11H15FN2O2/c12-10-9(7-16)1-3-13-11(10)14-4-2-8(5-14)6-15/h1,3,8,15-16H,2,4-7H2. The highest BCUT2D eigenvalue weighted by atomic mass is 19.1. The van der Waals surface area contributed by atoms with E-state index in [9.17, 15) is 4.39 Å². The minimum absolute atomic E-state index is 0.123. The summed E-state index contributed by atoms with van der Waals surface area (Å²) in [7, 11) is 0. The number of anilines is 1. The van der Waals surface area contributed by atoms with Crippen LogP contribution in [0.25, 0.3) is 0 Å². The van der Waals surface area contributed by atoms with Crippen molar-refractivity contribution in [2.45, 2.75) is 13.0 Å². The molecule has 0 bridgehead atoms. The maximum Gasteiger partial charge on any atom is 0.171 e. The normalized spacial score (nSPS) is 20.4. The summed E-state index contributed by atoms with van der Waals surface area (Å²) in [4.78, 5) is 5.81. The van der Waals surface area contributed by atoms with E-state index in [1.165, 1.54) is 12.3 Å². The topological polar surface area (TPSA) is 56.6 Å². The third-order valence-electron chi connectivity index (χ3n) is 2.96. The van der Waals surface area contributed by atoms with Gasteiger partial charge < -0.3 is 15.1 Å². The molecule has 2 N–H and O–H groups in total. The van der Waals surface area contributed by atoms with Crippen LogP contribution < -0.4 is 4.90 Å². The second kappa shape index (κ2) is 4.76. The third-order valence-corrected chi connectivity index (χ3v) is 2.96. The van der Waals surface area contributed by atoms with Crippen molar-refractivity contribution in [3.05, 3.63) is 23.6 Å². The second-order valence-electron chi connectivity index (χ2n) is 4.05. The molecular formula is C11H15FN2O2. The van der Waals surface area contributed by atoms with Crippen molar-refractivity contribution in [3.8, 4) is 0 Å².